The second kappa shape index (κ2) is 8.10. The van der Waals surface area contributed by atoms with Gasteiger partial charge in [-0.15, -0.1) is 0 Å². The van der Waals surface area contributed by atoms with Crippen LogP contribution in [0.25, 0.3) is 0 Å². The van der Waals surface area contributed by atoms with Crippen LogP contribution in [-0.4, -0.2) is 28.9 Å². The molecule has 2 aromatic rings. The highest BCUT2D eigenvalue weighted by molar-refractivity contribution is 8.18. The van der Waals surface area contributed by atoms with Crippen molar-refractivity contribution in [1.29, 1.82) is 0 Å². The molecule has 0 saturated carbocycles. The van der Waals surface area contributed by atoms with E-state index in [1.54, 1.807) is 19.1 Å². The van der Waals surface area contributed by atoms with Crippen LogP contribution in [0.3, 0.4) is 0 Å². The number of fused-ring (bicyclic) bond motifs is 1. The number of hydrogen-bond donors (Lipinski definition) is 0. The summed E-state index contributed by atoms with van der Waals surface area (Å²) >= 11 is 13.4. The van der Waals surface area contributed by atoms with Crippen molar-refractivity contribution in [3.63, 3.8) is 0 Å². The summed E-state index contributed by atoms with van der Waals surface area (Å²) in [6, 6.07) is 14.6. The van der Waals surface area contributed by atoms with Gasteiger partial charge in [0.05, 0.1) is 12.6 Å². The van der Waals surface area contributed by atoms with Crippen molar-refractivity contribution in [2.24, 2.45) is 4.99 Å². The average molecular weight is 461 g/mol. The minimum atomic E-state index is -0.713. The zero-order chi connectivity index (χ0) is 21.5. The molecule has 154 valence electrons. The fourth-order valence-electron chi connectivity index (χ4n) is 3.82. The second-order valence-corrected chi connectivity index (χ2v) is 8.88. The molecule has 0 spiro atoms. The predicted octanol–water partition coefficient (Wildman–Crippen LogP) is 5.34. The van der Waals surface area contributed by atoms with Crippen molar-refractivity contribution in [3.8, 4) is 0 Å². The smallest absolute Gasteiger partial charge is 0.347 e. The average Bonchev–Trinajstić information content (AvgIpc) is 3.22. The molecule has 0 bridgehead atoms. The lowest BCUT2D eigenvalue weighted by atomic mass is 9.81. The maximum atomic E-state index is 12.4. The molecule has 2 aliphatic rings. The van der Waals surface area contributed by atoms with Gasteiger partial charge in [-0.2, -0.15) is 0 Å². The van der Waals surface area contributed by atoms with Crippen molar-refractivity contribution in [2.75, 3.05) is 6.61 Å². The van der Waals surface area contributed by atoms with Gasteiger partial charge in [-0.25, -0.2) is 9.79 Å². The summed E-state index contributed by atoms with van der Waals surface area (Å²) in [6.07, 6.45) is 0.693. The Bertz CT molecular complexity index is 1070. The van der Waals surface area contributed by atoms with Gasteiger partial charge in [0.25, 0.3) is 0 Å². The molecule has 0 radical (unpaired) electrons. The predicted molar refractivity (Wildman–Crippen MR) is 120 cm³/mol. The van der Waals surface area contributed by atoms with Crippen LogP contribution in [0.2, 0.25) is 10.0 Å². The molecule has 8 heteroatoms. The highest BCUT2D eigenvalue weighted by Gasteiger charge is 2.52. The highest BCUT2D eigenvalue weighted by Crippen LogP contribution is 2.54. The summed E-state index contributed by atoms with van der Waals surface area (Å²) in [6.45, 7) is 3.96. The minimum Gasteiger partial charge on any atom is -0.462 e. The van der Waals surface area contributed by atoms with E-state index in [2.05, 4.69) is 0 Å². The zero-order valence-electron chi connectivity index (χ0n) is 16.3. The molecule has 0 unspecified atom stereocenters. The Balaban J connectivity index is 1.87. The van der Waals surface area contributed by atoms with E-state index < -0.39 is 11.5 Å². The van der Waals surface area contributed by atoms with Crippen LogP contribution in [0.5, 0.6) is 0 Å². The minimum absolute atomic E-state index is 0.227. The highest BCUT2D eigenvalue weighted by atomic mass is 35.5. The molecule has 0 amide bonds. The van der Waals surface area contributed by atoms with E-state index in [-0.39, 0.29) is 23.3 Å². The SMILES string of the molecule is CCOC(=O)C1=C(C=O)N2C(=N[C@@](C)(c3ccc(Cl)cc3)[C@H]2c2ccc(Cl)cc2)S1. The molecule has 2 heterocycles. The van der Waals surface area contributed by atoms with Gasteiger partial charge in [0, 0.05) is 10.0 Å². The fourth-order valence-corrected chi connectivity index (χ4v) is 5.19. The Labute approximate surface area is 188 Å². The number of esters is 1. The number of aldehydes is 1. The van der Waals surface area contributed by atoms with E-state index in [0.717, 1.165) is 22.9 Å². The lowest BCUT2D eigenvalue weighted by Crippen LogP contribution is -2.35. The lowest BCUT2D eigenvalue weighted by Gasteiger charge is -2.35. The van der Waals surface area contributed by atoms with Gasteiger partial charge in [0.15, 0.2) is 11.5 Å². The van der Waals surface area contributed by atoms with E-state index in [1.165, 1.54) is 0 Å². The van der Waals surface area contributed by atoms with Gasteiger partial charge in [0.2, 0.25) is 0 Å². The molecule has 2 atom stereocenters. The Morgan fingerprint density at radius 1 is 1.17 bits per heavy atom. The molecule has 0 aliphatic carbocycles. The van der Waals surface area contributed by atoms with Crippen LogP contribution in [0.1, 0.15) is 31.0 Å². The number of amidine groups is 1. The summed E-state index contributed by atoms with van der Waals surface area (Å²) < 4.78 is 5.14. The van der Waals surface area contributed by atoms with Gasteiger partial charge in [-0.3, -0.25) is 4.79 Å². The molecular weight excluding hydrogens is 443 g/mol. The normalized spacial score (nSPS) is 22.7. The molecule has 0 saturated heterocycles. The summed E-state index contributed by atoms with van der Waals surface area (Å²) in [7, 11) is 0. The van der Waals surface area contributed by atoms with Crippen LogP contribution in [-0.2, 0) is 19.9 Å². The van der Waals surface area contributed by atoms with E-state index in [0.29, 0.717) is 21.5 Å². The summed E-state index contributed by atoms with van der Waals surface area (Å²) in [4.78, 5) is 31.6. The number of aliphatic imine (C=N–C) groups is 1. The summed E-state index contributed by atoms with van der Waals surface area (Å²) in [5.41, 5.74) is 1.41. The van der Waals surface area contributed by atoms with E-state index in [4.69, 9.17) is 32.9 Å². The van der Waals surface area contributed by atoms with E-state index >= 15 is 0 Å². The quantitative estimate of drug-likeness (QED) is 0.444. The molecule has 2 aliphatic heterocycles. The van der Waals surface area contributed by atoms with Crippen LogP contribution >= 0.6 is 35.0 Å². The van der Waals surface area contributed by atoms with Crippen molar-refractivity contribution in [3.05, 3.63) is 80.3 Å². The van der Waals surface area contributed by atoms with Gasteiger partial charge in [-0.1, -0.05) is 47.5 Å². The fraction of sp³-hybridized carbons (Fsp3) is 0.227. The van der Waals surface area contributed by atoms with Crippen molar-refractivity contribution < 1.29 is 14.3 Å². The summed E-state index contributed by atoms with van der Waals surface area (Å²) in [5, 5.41) is 1.82. The molecule has 5 nitrogen and oxygen atoms in total. The molecular formula is C22H18Cl2N2O3S. The number of thioether (sulfide) groups is 1. The Hall–Kier alpha value is -2.28. The van der Waals surface area contributed by atoms with Crippen LogP contribution in [0.15, 0.2) is 64.1 Å². The maximum absolute atomic E-state index is 12.4. The van der Waals surface area contributed by atoms with Crippen molar-refractivity contribution in [1.82, 2.24) is 4.90 Å². The third-order valence-corrected chi connectivity index (χ3v) is 6.75. The standard InChI is InChI=1S/C22H18Cl2N2O3S/c1-3-29-20(28)18-17(12-27)26-19(13-4-8-15(23)9-5-13)22(2,25-21(26)30-18)14-6-10-16(24)11-7-14/h4-12,19H,3H2,1-2H3/t19-,22+/m1/s1. The van der Waals surface area contributed by atoms with Gasteiger partial charge >= 0.3 is 5.97 Å². The van der Waals surface area contributed by atoms with E-state index in [1.807, 2.05) is 48.2 Å². The third kappa shape index (κ3) is 3.43. The van der Waals surface area contributed by atoms with E-state index in [9.17, 15) is 9.59 Å². The number of hydrogen-bond acceptors (Lipinski definition) is 6. The lowest BCUT2D eigenvalue weighted by molar-refractivity contribution is -0.137. The first-order valence-electron chi connectivity index (χ1n) is 9.34. The number of carbonyl (C=O) groups excluding carboxylic acids is 2. The number of allylic oxidation sites excluding steroid dienone is 1. The number of halogens is 2. The monoisotopic (exact) mass is 460 g/mol. The molecule has 4 rings (SSSR count). The Kier molecular flexibility index (Phi) is 5.66. The van der Waals surface area contributed by atoms with Crippen LogP contribution < -0.4 is 0 Å². The Morgan fingerprint density at radius 2 is 1.77 bits per heavy atom. The second-order valence-electron chi connectivity index (χ2n) is 7.03. The summed E-state index contributed by atoms with van der Waals surface area (Å²) in [5.74, 6) is -0.523. The van der Waals surface area contributed by atoms with Crippen LogP contribution in [0.4, 0.5) is 0 Å². The van der Waals surface area contributed by atoms with Crippen molar-refractivity contribution >= 4 is 52.4 Å². The molecule has 0 fully saturated rings. The number of nitrogens with zero attached hydrogens (tertiary/aromatic N) is 2. The maximum Gasteiger partial charge on any atom is 0.347 e. The van der Waals surface area contributed by atoms with Gasteiger partial charge < -0.3 is 9.64 Å². The first kappa shape index (κ1) is 21.0. The first-order chi connectivity index (χ1) is 14.4. The Morgan fingerprint density at radius 3 is 2.33 bits per heavy atom. The molecule has 0 N–H and O–H groups in total. The molecule has 0 aromatic heterocycles. The molecule has 30 heavy (non-hydrogen) atoms. The number of rotatable bonds is 5. The molecule has 2 aromatic carbocycles. The van der Waals surface area contributed by atoms with Gasteiger partial charge in [0.1, 0.15) is 16.1 Å². The zero-order valence-corrected chi connectivity index (χ0v) is 18.6. The first-order valence-corrected chi connectivity index (χ1v) is 10.9. The number of carbonyl (C=O) groups is 2. The largest absolute Gasteiger partial charge is 0.462 e. The third-order valence-electron chi connectivity index (χ3n) is 5.20. The van der Waals surface area contributed by atoms with Crippen LogP contribution in [0, 0.1) is 0 Å². The van der Waals surface area contributed by atoms with Gasteiger partial charge in [-0.05, 0) is 61.0 Å². The number of ether oxygens (including phenoxy) is 1. The van der Waals surface area contributed by atoms with Crippen molar-refractivity contribution in [2.45, 2.75) is 25.4 Å². The topological polar surface area (TPSA) is 59.0 Å². The number of benzene rings is 2.